The zero-order valence-corrected chi connectivity index (χ0v) is 24.0. The van der Waals surface area contributed by atoms with Crippen LogP contribution in [-0.2, 0) is 18.6 Å². The maximum atomic E-state index is 10.9. The van der Waals surface area contributed by atoms with Crippen molar-refractivity contribution >= 4 is 19.4 Å². The fraction of sp³-hybridized carbons (Fsp3) is 0.613. The van der Waals surface area contributed by atoms with Gasteiger partial charge in [0.2, 0.25) is 9.04 Å². The number of hydrogen-bond donors (Lipinski definition) is 1. The van der Waals surface area contributed by atoms with E-state index in [2.05, 4.69) is 76.2 Å². The minimum atomic E-state index is -1.92. The first-order valence-corrected chi connectivity index (χ1v) is 15.7. The van der Waals surface area contributed by atoms with Crippen molar-refractivity contribution in [1.29, 1.82) is 0 Å². The summed E-state index contributed by atoms with van der Waals surface area (Å²) in [6.07, 6.45) is 3.72. The van der Waals surface area contributed by atoms with Gasteiger partial charge in [-0.05, 0) is 53.3 Å². The van der Waals surface area contributed by atoms with Crippen molar-refractivity contribution < 1.29 is 23.7 Å². The van der Waals surface area contributed by atoms with Crippen LogP contribution < -0.4 is 10.4 Å². The molecule has 0 bridgehead atoms. The third-order valence-electron chi connectivity index (χ3n) is 8.92. The highest BCUT2D eigenvalue weighted by atomic mass is 28.3. The summed E-state index contributed by atoms with van der Waals surface area (Å²) in [5, 5.41) is 13.4. The Morgan fingerprint density at radius 2 is 1.65 bits per heavy atom. The summed E-state index contributed by atoms with van der Waals surface area (Å²) in [6, 6.07) is 21.1. The molecule has 3 unspecified atom stereocenters. The lowest BCUT2D eigenvalue weighted by Crippen LogP contribution is -2.53. The molecule has 5 nitrogen and oxygen atoms in total. The minimum Gasteiger partial charge on any atom is -0.408 e. The van der Waals surface area contributed by atoms with Crippen molar-refractivity contribution in [2.75, 3.05) is 13.2 Å². The van der Waals surface area contributed by atoms with E-state index in [1.807, 2.05) is 12.1 Å². The normalized spacial score (nSPS) is 34.4. The fourth-order valence-corrected chi connectivity index (χ4v) is 9.43. The topological polar surface area (TPSA) is 57.2 Å². The van der Waals surface area contributed by atoms with Crippen molar-refractivity contribution in [3.05, 3.63) is 60.7 Å². The van der Waals surface area contributed by atoms with Gasteiger partial charge in [-0.3, -0.25) is 0 Å². The van der Waals surface area contributed by atoms with Crippen molar-refractivity contribution in [3.8, 4) is 0 Å². The molecular formula is C31H44O5Si. The Hall–Kier alpha value is -1.54. The highest BCUT2D eigenvalue weighted by molar-refractivity contribution is 6.80. The molecule has 3 aliphatic rings. The average Bonchev–Trinajstić information content (AvgIpc) is 3.18. The van der Waals surface area contributed by atoms with E-state index >= 15 is 0 Å². The first-order valence-electron chi connectivity index (χ1n) is 14.1. The highest BCUT2D eigenvalue weighted by Crippen LogP contribution is 2.60. The smallest absolute Gasteiger partial charge is 0.239 e. The summed E-state index contributed by atoms with van der Waals surface area (Å²) >= 11 is 0. The molecule has 6 heteroatoms. The number of ether oxygens (including phenoxy) is 3. The van der Waals surface area contributed by atoms with Crippen LogP contribution in [0.15, 0.2) is 60.7 Å². The van der Waals surface area contributed by atoms with Crippen LogP contribution >= 0.6 is 0 Å². The van der Waals surface area contributed by atoms with Gasteiger partial charge in [-0.25, -0.2) is 0 Å². The SMILES string of the molecule is CC(C)(C)[C@@H]1[C@H]2CC(O)OC(CO[SiH](c3ccccc3)c3ccccc3)[C@@]2(C)C[C@H]1OC1CCCCO1. The van der Waals surface area contributed by atoms with E-state index in [0.717, 1.165) is 32.3 Å². The van der Waals surface area contributed by atoms with Crippen LogP contribution in [0.5, 0.6) is 0 Å². The van der Waals surface area contributed by atoms with Crippen LogP contribution in [0.3, 0.4) is 0 Å². The van der Waals surface area contributed by atoms with Crippen molar-refractivity contribution in [3.63, 3.8) is 0 Å². The van der Waals surface area contributed by atoms with E-state index in [1.165, 1.54) is 10.4 Å². The molecule has 0 amide bonds. The Balaban J connectivity index is 1.39. The van der Waals surface area contributed by atoms with Gasteiger partial charge in [-0.15, -0.1) is 0 Å². The Labute approximate surface area is 224 Å². The van der Waals surface area contributed by atoms with Crippen LogP contribution in [0.2, 0.25) is 0 Å². The zero-order valence-electron chi connectivity index (χ0n) is 22.8. The van der Waals surface area contributed by atoms with Crippen LogP contribution in [0, 0.1) is 22.7 Å². The van der Waals surface area contributed by atoms with Crippen molar-refractivity contribution in [2.24, 2.45) is 22.7 Å². The standard InChI is InChI=1S/C31H44O5Si/c1-30(2,3)29-24-19-27(32)36-26(31(24,4)20-25(29)35-28-17-11-12-18-33-28)21-34-37(22-13-7-5-8-14-22)23-15-9-6-10-16-23/h5-10,13-16,24-29,32,37H,11-12,17-21H2,1-4H3/t24-,25-,26?,27?,28?,29-,31+/m1/s1. The third-order valence-corrected chi connectivity index (χ3v) is 11.4. The molecule has 7 atom stereocenters. The van der Waals surface area contributed by atoms with Crippen molar-refractivity contribution in [2.45, 2.75) is 84.6 Å². The molecule has 0 aromatic heterocycles. The van der Waals surface area contributed by atoms with Crippen LogP contribution in [0.1, 0.15) is 59.8 Å². The van der Waals surface area contributed by atoms with Crippen LogP contribution in [0.25, 0.3) is 0 Å². The molecule has 37 heavy (non-hydrogen) atoms. The lowest BCUT2D eigenvalue weighted by Gasteiger charge is -2.48. The summed E-state index contributed by atoms with van der Waals surface area (Å²) in [6.45, 7) is 10.5. The first kappa shape index (κ1) is 27.0. The lowest BCUT2D eigenvalue weighted by atomic mass is 9.64. The van der Waals surface area contributed by atoms with Gasteiger partial charge >= 0.3 is 0 Å². The molecule has 202 valence electrons. The highest BCUT2D eigenvalue weighted by Gasteiger charge is 2.61. The fourth-order valence-electron chi connectivity index (χ4n) is 7.15. The van der Waals surface area contributed by atoms with E-state index in [4.69, 9.17) is 18.6 Å². The Morgan fingerprint density at radius 1 is 1.00 bits per heavy atom. The summed E-state index contributed by atoms with van der Waals surface area (Å²) in [5.41, 5.74) is -0.113. The van der Waals surface area contributed by atoms with Crippen LogP contribution in [0.4, 0.5) is 0 Å². The monoisotopic (exact) mass is 524 g/mol. The molecule has 2 aromatic rings. The Kier molecular flexibility index (Phi) is 8.25. The lowest BCUT2D eigenvalue weighted by molar-refractivity contribution is -0.235. The number of hydrogen-bond acceptors (Lipinski definition) is 5. The second-order valence-corrected chi connectivity index (χ2v) is 15.0. The van der Waals surface area contributed by atoms with E-state index in [0.29, 0.717) is 18.9 Å². The second kappa shape index (κ2) is 11.3. The molecule has 2 heterocycles. The number of fused-ring (bicyclic) bond motifs is 1. The Bertz CT molecular complexity index is 950. The molecule has 0 radical (unpaired) electrons. The van der Waals surface area contributed by atoms with Gasteiger partial charge in [-0.2, -0.15) is 0 Å². The maximum absolute atomic E-state index is 10.9. The van der Waals surface area contributed by atoms with Gasteiger partial charge in [0, 0.05) is 18.4 Å². The predicted octanol–water partition coefficient (Wildman–Crippen LogP) is 4.25. The Morgan fingerprint density at radius 3 is 2.22 bits per heavy atom. The molecule has 0 spiro atoms. The summed E-state index contributed by atoms with van der Waals surface area (Å²) in [5.74, 6) is 0.590. The summed E-state index contributed by atoms with van der Waals surface area (Å²) in [7, 11) is -1.92. The molecule has 3 fully saturated rings. The number of rotatable bonds is 7. The quantitative estimate of drug-likeness (QED) is 0.549. The van der Waals surface area contributed by atoms with Gasteiger partial charge in [-0.1, -0.05) is 88.4 Å². The predicted molar refractivity (Wildman–Crippen MR) is 148 cm³/mol. The molecule has 5 rings (SSSR count). The van der Waals surface area contributed by atoms with Gasteiger partial charge in [0.25, 0.3) is 0 Å². The number of aliphatic hydroxyl groups excluding tert-OH is 1. The van der Waals surface area contributed by atoms with Gasteiger partial charge in [0.05, 0.1) is 18.8 Å². The zero-order chi connectivity index (χ0) is 26.0. The van der Waals surface area contributed by atoms with Gasteiger partial charge in [0.1, 0.15) is 0 Å². The molecular weight excluding hydrogens is 480 g/mol. The molecule has 1 N–H and O–H groups in total. The minimum absolute atomic E-state index is 0.0373. The number of benzene rings is 2. The second-order valence-electron chi connectivity index (χ2n) is 12.5. The molecule has 2 aromatic carbocycles. The van der Waals surface area contributed by atoms with Gasteiger partial charge < -0.3 is 23.7 Å². The van der Waals surface area contributed by atoms with E-state index in [-0.39, 0.29) is 35.2 Å². The molecule has 2 saturated heterocycles. The average molecular weight is 525 g/mol. The van der Waals surface area contributed by atoms with Crippen LogP contribution in [-0.4, -0.2) is 52.1 Å². The first-order chi connectivity index (χ1) is 17.8. The summed E-state index contributed by atoms with van der Waals surface area (Å²) in [4.78, 5) is 0. The summed E-state index contributed by atoms with van der Waals surface area (Å²) < 4.78 is 25.8. The largest absolute Gasteiger partial charge is 0.408 e. The maximum Gasteiger partial charge on any atom is 0.239 e. The van der Waals surface area contributed by atoms with Gasteiger partial charge in [0.15, 0.2) is 12.6 Å². The van der Waals surface area contributed by atoms with E-state index < -0.39 is 15.3 Å². The molecule has 1 saturated carbocycles. The van der Waals surface area contributed by atoms with E-state index in [9.17, 15) is 5.11 Å². The third kappa shape index (κ3) is 5.90. The number of aliphatic hydroxyl groups is 1. The van der Waals surface area contributed by atoms with Crippen molar-refractivity contribution in [1.82, 2.24) is 0 Å². The molecule has 1 aliphatic carbocycles. The van der Waals surface area contributed by atoms with E-state index in [1.54, 1.807) is 0 Å². The molecule has 2 aliphatic heterocycles.